The third-order valence-corrected chi connectivity index (χ3v) is 4.25. The molecule has 2 fully saturated rings. The van der Waals surface area contributed by atoms with Gasteiger partial charge in [-0.3, -0.25) is 9.59 Å². The zero-order valence-corrected chi connectivity index (χ0v) is 12.0. The summed E-state index contributed by atoms with van der Waals surface area (Å²) in [6, 6.07) is 0.381. The Hall–Kier alpha value is -1.10. The summed E-state index contributed by atoms with van der Waals surface area (Å²) in [7, 11) is 3.50. The minimum Gasteiger partial charge on any atom is -0.349 e. The van der Waals surface area contributed by atoms with Crippen molar-refractivity contribution in [3.05, 3.63) is 0 Å². The fraction of sp³-hybridized carbons (Fsp3) is 0.857. The van der Waals surface area contributed by atoms with Crippen molar-refractivity contribution in [1.29, 1.82) is 0 Å². The van der Waals surface area contributed by atoms with Crippen molar-refractivity contribution in [2.45, 2.75) is 38.1 Å². The largest absolute Gasteiger partial charge is 0.349 e. The van der Waals surface area contributed by atoms with E-state index in [1.807, 2.05) is 4.90 Å². The molecule has 2 saturated heterocycles. The maximum absolute atomic E-state index is 12.5. The maximum atomic E-state index is 12.5. The predicted octanol–water partition coefficient (Wildman–Crippen LogP) is 0.455. The lowest BCUT2D eigenvalue weighted by atomic mass is 9.90. The normalized spacial score (nSPS) is 25.5. The first-order chi connectivity index (χ1) is 9.09. The lowest BCUT2D eigenvalue weighted by Gasteiger charge is -2.40. The van der Waals surface area contributed by atoms with E-state index < -0.39 is 0 Å². The summed E-state index contributed by atoms with van der Waals surface area (Å²) in [6.45, 7) is 2.86. The molecule has 1 N–H and O–H groups in total. The van der Waals surface area contributed by atoms with E-state index in [-0.39, 0.29) is 17.7 Å². The SMILES string of the molecule is CN(C)C(=O)C[C@H]1CCCN(C2CCNCC2)C1=O. The van der Waals surface area contributed by atoms with Gasteiger partial charge in [0.15, 0.2) is 0 Å². The van der Waals surface area contributed by atoms with Gasteiger partial charge in [0.1, 0.15) is 0 Å². The van der Waals surface area contributed by atoms with Gasteiger partial charge in [-0.15, -0.1) is 0 Å². The molecule has 0 bridgehead atoms. The second-order valence-corrected chi connectivity index (χ2v) is 5.84. The van der Waals surface area contributed by atoms with Crippen LogP contribution in [0, 0.1) is 5.92 Å². The molecule has 0 unspecified atom stereocenters. The van der Waals surface area contributed by atoms with E-state index in [9.17, 15) is 9.59 Å². The topological polar surface area (TPSA) is 52.7 Å². The number of likely N-dealkylation sites (tertiary alicyclic amines) is 1. The summed E-state index contributed by atoms with van der Waals surface area (Å²) >= 11 is 0. The van der Waals surface area contributed by atoms with Gasteiger partial charge in [-0.05, 0) is 38.8 Å². The van der Waals surface area contributed by atoms with Crippen LogP contribution in [0.25, 0.3) is 0 Å². The summed E-state index contributed by atoms with van der Waals surface area (Å²) < 4.78 is 0. The van der Waals surface area contributed by atoms with Crippen LogP contribution in [-0.4, -0.2) is 61.4 Å². The Kier molecular flexibility index (Phi) is 4.80. The number of amides is 2. The molecule has 19 heavy (non-hydrogen) atoms. The fourth-order valence-electron chi connectivity index (χ4n) is 3.04. The highest BCUT2D eigenvalue weighted by atomic mass is 16.2. The Bertz CT molecular complexity index is 338. The van der Waals surface area contributed by atoms with Crippen LogP contribution in [0.1, 0.15) is 32.1 Å². The number of rotatable bonds is 3. The van der Waals surface area contributed by atoms with Gasteiger partial charge in [0.05, 0.1) is 0 Å². The third-order valence-electron chi connectivity index (χ3n) is 4.25. The Morgan fingerprint density at radius 2 is 2.00 bits per heavy atom. The molecule has 108 valence electrons. The highest BCUT2D eigenvalue weighted by molar-refractivity contribution is 5.86. The zero-order valence-electron chi connectivity index (χ0n) is 12.0. The van der Waals surface area contributed by atoms with Crippen molar-refractivity contribution < 1.29 is 9.59 Å². The molecular weight excluding hydrogens is 242 g/mol. The van der Waals surface area contributed by atoms with Gasteiger partial charge < -0.3 is 15.1 Å². The van der Waals surface area contributed by atoms with Gasteiger partial charge >= 0.3 is 0 Å². The van der Waals surface area contributed by atoms with Crippen molar-refractivity contribution in [3.8, 4) is 0 Å². The van der Waals surface area contributed by atoms with E-state index in [2.05, 4.69) is 5.32 Å². The summed E-state index contributed by atoms with van der Waals surface area (Å²) in [5.74, 6) is 0.164. The Morgan fingerprint density at radius 3 is 2.63 bits per heavy atom. The average molecular weight is 267 g/mol. The van der Waals surface area contributed by atoms with Crippen molar-refractivity contribution in [3.63, 3.8) is 0 Å². The Morgan fingerprint density at radius 1 is 1.32 bits per heavy atom. The van der Waals surface area contributed by atoms with Crippen LogP contribution < -0.4 is 5.32 Å². The molecule has 0 aromatic carbocycles. The molecule has 2 aliphatic rings. The van der Waals surface area contributed by atoms with Crippen LogP contribution in [0.2, 0.25) is 0 Å². The highest BCUT2D eigenvalue weighted by Gasteiger charge is 2.34. The van der Waals surface area contributed by atoms with Gasteiger partial charge in [0.2, 0.25) is 11.8 Å². The fourth-order valence-corrected chi connectivity index (χ4v) is 3.04. The molecule has 0 saturated carbocycles. The zero-order chi connectivity index (χ0) is 13.8. The monoisotopic (exact) mass is 267 g/mol. The smallest absolute Gasteiger partial charge is 0.226 e. The molecule has 5 nitrogen and oxygen atoms in total. The van der Waals surface area contributed by atoms with E-state index in [1.54, 1.807) is 19.0 Å². The third kappa shape index (κ3) is 3.47. The van der Waals surface area contributed by atoms with Crippen molar-refractivity contribution in [2.24, 2.45) is 5.92 Å². The van der Waals surface area contributed by atoms with Gasteiger partial charge in [0.25, 0.3) is 0 Å². The molecular formula is C14H25N3O2. The Labute approximate surface area is 115 Å². The van der Waals surface area contributed by atoms with Crippen molar-refractivity contribution in [1.82, 2.24) is 15.1 Å². The molecule has 2 rings (SSSR count). The van der Waals surface area contributed by atoms with E-state index >= 15 is 0 Å². The average Bonchev–Trinajstić information content (AvgIpc) is 2.42. The van der Waals surface area contributed by atoms with Gasteiger partial charge in [0, 0.05) is 39.0 Å². The van der Waals surface area contributed by atoms with Crippen LogP contribution in [0.5, 0.6) is 0 Å². The van der Waals surface area contributed by atoms with Gasteiger partial charge in [-0.25, -0.2) is 0 Å². The van der Waals surface area contributed by atoms with Crippen LogP contribution >= 0.6 is 0 Å². The number of nitrogens with one attached hydrogen (secondary N) is 1. The van der Waals surface area contributed by atoms with Crippen LogP contribution in [-0.2, 0) is 9.59 Å². The van der Waals surface area contributed by atoms with E-state index in [4.69, 9.17) is 0 Å². The minimum atomic E-state index is -0.0986. The molecule has 0 aromatic heterocycles. The molecule has 0 spiro atoms. The van der Waals surface area contributed by atoms with Gasteiger partial charge in [-0.2, -0.15) is 0 Å². The number of hydrogen-bond acceptors (Lipinski definition) is 3. The van der Waals surface area contributed by atoms with E-state index in [0.717, 1.165) is 45.3 Å². The molecule has 0 aromatic rings. The van der Waals surface area contributed by atoms with E-state index in [1.165, 1.54) is 0 Å². The highest BCUT2D eigenvalue weighted by Crippen LogP contribution is 2.25. The molecule has 1 atom stereocenters. The maximum Gasteiger partial charge on any atom is 0.226 e. The van der Waals surface area contributed by atoms with E-state index in [0.29, 0.717) is 12.5 Å². The molecule has 0 radical (unpaired) electrons. The standard InChI is InChI=1S/C14H25N3O2/c1-16(2)13(18)10-11-4-3-9-17(14(11)19)12-5-7-15-8-6-12/h11-12,15H,3-10H2,1-2H3/t11-/m1/s1. The number of hydrogen-bond donors (Lipinski definition) is 1. The number of nitrogens with zero attached hydrogens (tertiary/aromatic N) is 2. The van der Waals surface area contributed by atoms with Crippen LogP contribution in [0.4, 0.5) is 0 Å². The second-order valence-electron chi connectivity index (χ2n) is 5.84. The Balaban J connectivity index is 1.95. The van der Waals surface area contributed by atoms with Gasteiger partial charge in [-0.1, -0.05) is 0 Å². The number of piperidine rings is 2. The summed E-state index contributed by atoms with van der Waals surface area (Å²) in [6.07, 6.45) is 4.34. The molecule has 2 amide bonds. The molecule has 5 heteroatoms. The van der Waals surface area contributed by atoms with Crippen LogP contribution in [0.3, 0.4) is 0 Å². The molecule has 0 aliphatic carbocycles. The first-order valence-corrected chi connectivity index (χ1v) is 7.31. The molecule has 2 heterocycles. The second kappa shape index (κ2) is 6.37. The summed E-state index contributed by atoms with van der Waals surface area (Å²) in [5.41, 5.74) is 0. The first-order valence-electron chi connectivity index (χ1n) is 7.31. The van der Waals surface area contributed by atoms with Crippen molar-refractivity contribution in [2.75, 3.05) is 33.7 Å². The lowest BCUT2D eigenvalue weighted by molar-refractivity contribution is -0.145. The molecule has 2 aliphatic heterocycles. The number of carbonyl (C=O) groups is 2. The predicted molar refractivity (Wildman–Crippen MR) is 73.6 cm³/mol. The minimum absolute atomic E-state index is 0.0607. The quantitative estimate of drug-likeness (QED) is 0.808. The van der Waals surface area contributed by atoms with Crippen molar-refractivity contribution >= 4 is 11.8 Å². The summed E-state index contributed by atoms with van der Waals surface area (Å²) in [4.78, 5) is 27.9. The lowest BCUT2D eigenvalue weighted by Crippen LogP contribution is -2.51. The van der Waals surface area contributed by atoms with Crippen LogP contribution in [0.15, 0.2) is 0 Å². The summed E-state index contributed by atoms with van der Waals surface area (Å²) in [5, 5.41) is 3.33. The first kappa shape index (κ1) is 14.3. The number of carbonyl (C=O) groups excluding carboxylic acids is 2.